The summed E-state index contributed by atoms with van der Waals surface area (Å²) in [6.45, 7) is 1.96. The van der Waals surface area contributed by atoms with Crippen LogP contribution in [0.25, 0.3) is 15.8 Å². The second-order valence-corrected chi connectivity index (χ2v) is 10.6. The molecule has 0 fully saturated rings. The van der Waals surface area contributed by atoms with E-state index in [-0.39, 0.29) is 12.2 Å². The van der Waals surface area contributed by atoms with Gasteiger partial charge < -0.3 is 19.1 Å². The van der Waals surface area contributed by atoms with Crippen molar-refractivity contribution in [1.29, 1.82) is 0 Å². The first-order valence-corrected chi connectivity index (χ1v) is 12.6. The summed E-state index contributed by atoms with van der Waals surface area (Å²) in [6, 6.07) is 12.8. The maximum Gasteiger partial charge on any atom is 0.268 e. The molecule has 0 aliphatic carbocycles. The Hall–Kier alpha value is -2.48. The summed E-state index contributed by atoms with van der Waals surface area (Å²) in [5, 5.41) is 2.63. The highest BCUT2D eigenvalue weighted by Gasteiger charge is 2.43. The zero-order valence-electron chi connectivity index (χ0n) is 18.0. The van der Waals surface area contributed by atoms with Crippen molar-refractivity contribution in [2.75, 3.05) is 25.7 Å². The van der Waals surface area contributed by atoms with Gasteiger partial charge in [0, 0.05) is 29.5 Å². The quantitative estimate of drug-likeness (QED) is 0.501. The predicted molar refractivity (Wildman–Crippen MR) is 128 cm³/mol. The van der Waals surface area contributed by atoms with Crippen molar-refractivity contribution in [3.05, 3.63) is 58.1 Å². The van der Waals surface area contributed by atoms with E-state index in [1.165, 1.54) is 42.0 Å². The minimum Gasteiger partial charge on any atom is -0.497 e. The van der Waals surface area contributed by atoms with Crippen LogP contribution in [0.5, 0.6) is 11.5 Å². The van der Waals surface area contributed by atoms with Crippen LogP contribution in [0, 0.1) is 0 Å². The fourth-order valence-electron chi connectivity index (χ4n) is 5.29. The molecule has 2 unspecified atom stereocenters. The molecular formula is C25H23N2O3S2+. The van der Waals surface area contributed by atoms with Gasteiger partial charge >= 0.3 is 0 Å². The molecule has 32 heavy (non-hydrogen) atoms. The second-order valence-electron chi connectivity index (χ2n) is 8.53. The molecule has 3 aromatic rings. The molecule has 5 nitrogen and oxygen atoms in total. The van der Waals surface area contributed by atoms with E-state index in [4.69, 9.17) is 14.2 Å². The van der Waals surface area contributed by atoms with Crippen molar-refractivity contribution >= 4 is 44.6 Å². The van der Waals surface area contributed by atoms with Crippen LogP contribution in [0.1, 0.15) is 17.8 Å². The van der Waals surface area contributed by atoms with E-state index in [9.17, 15) is 0 Å². The highest BCUT2D eigenvalue weighted by Crippen LogP contribution is 2.53. The molecule has 7 heteroatoms. The molecular weight excluding hydrogens is 440 g/mol. The number of hydrogen-bond donors (Lipinski definition) is 0. The highest BCUT2D eigenvalue weighted by molar-refractivity contribution is 8.03. The Kier molecular flexibility index (Phi) is 4.17. The highest BCUT2D eigenvalue weighted by atomic mass is 32.2. The Balaban J connectivity index is 1.37. The average Bonchev–Trinajstić information content (AvgIpc) is 3.40. The van der Waals surface area contributed by atoms with Gasteiger partial charge in [-0.3, -0.25) is 0 Å². The van der Waals surface area contributed by atoms with Crippen LogP contribution < -0.4 is 18.9 Å². The summed E-state index contributed by atoms with van der Waals surface area (Å²) in [5.74, 6) is 1.81. The monoisotopic (exact) mass is 463 g/mol. The summed E-state index contributed by atoms with van der Waals surface area (Å²) in [6.07, 6.45) is 4.83. The lowest BCUT2D eigenvalue weighted by Gasteiger charge is -2.38. The van der Waals surface area contributed by atoms with Crippen molar-refractivity contribution in [2.45, 2.75) is 36.5 Å². The van der Waals surface area contributed by atoms with E-state index in [1.54, 1.807) is 14.2 Å². The van der Waals surface area contributed by atoms with Gasteiger partial charge in [-0.1, -0.05) is 23.1 Å². The van der Waals surface area contributed by atoms with E-state index >= 15 is 0 Å². The van der Waals surface area contributed by atoms with Crippen molar-refractivity contribution in [3.63, 3.8) is 0 Å². The number of aromatic nitrogens is 1. The zero-order valence-corrected chi connectivity index (χ0v) is 19.6. The number of fused-ring (bicyclic) bond motifs is 9. The molecule has 2 aromatic carbocycles. The first-order valence-electron chi connectivity index (χ1n) is 11.0. The summed E-state index contributed by atoms with van der Waals surface area (Å²) < 4.78 is 21.4. The van der Waals surface area contributed by atoms with Crippen molar-refractivity contribution in [1.82, 2.24) is 0 Å². The van der Waals surface area contributed by atoms with Gasteiger partial charge in [-0.15, -0.1) is 0 Å². The molecule has 7 rings (SSSR count). The van der Waals surface area contributed by atoms with E-state index in [0.29, 0.717) is 0 Å². The molecule has 4 aliphatic heterocycles. The van der Waals surface area contributed by atoms with Crippen molar-refractivity contribution in [3.8, 4) is 11.5 Å². The van der Waals surface area contributed by atoms with Crippen LogP contribution in [-0.4, -0.2) is 33.0 Å². The Morgan fingerprint density at radius 3 is 2.75 bits per heavy atom. The van der Waals surface area contributed by atoms with Crippen LogP contribution in [0.15, 0.2) is 58.0 Å². The summed E-state index contributed by atoms with van der Waals surface area (Å²) in [4.78, 5) is 3.74. The van der Waals surface area contributed by atoms with E-state index in [2.05, 4.69) is 39.8 Å². The second kappa shape index (κ2) is 7.01. The van der Waals surface area contributed by atoms with Crippen LogP contribution in [0.3, 0.4) is 0 Å². The standard InChI is InChI=1S/C25H23N2O3S2/c1-28-14-3-5-22-18(11-14)26-9-7-20-16(24(26)31-22)13-17-21(30-20)8-10-27-19-12-15(29-2)4-6-23(19)32-25(17)27/h3-6,11-13,20-21H,7-10H2,1-2H3/q+1. The third-order valence-electron chi connectivity index (χ3n) is 6.87. The Bertz CT molecular complexity index is 1340. The predicted octanol–water partition coefficient (Wildman–Crippen LogP) is 4.99. The largest absolute Gasteiger partial charge is 0.497 e. The van der Waals surface area contributed by atoms with E-state index in [0.717, 1.165) is 37.4 Å². The molecule has 0 saturated carbocycles. The molecule has 0 radical (unpaired) electrons. The maximum absolute atomic E-state index is 6.72. The Labute approximate surface area is 194 Å². The fourth-order valence-corrected chi connectivity index (χ4v) is 7.74. The van der Waals surface area contributed by atoms with Gasteiger partial charge in [-0.2, -0.15) is 4.57 Å². The number of thioether (sulfide) groups is 1. The first-order chi connectivity index (χ1) is 15.7. The van der Waals surface area contributed by atoms with Gasteiger partial charge in [0.15, 0.2) is 6.54 Å². The number of methoxy groups -OCH3 is 2. The number of aryl methyl sites for hydroxylation is 1. The topological polar surface area (TPSA) is 34.8 Å². The van der Waals surface area contributed by atoms with Crippen molar-refractivity contribution < 1.29 is 18.8 Å². The summed E-state index contributed by atoms with van der Waals surface area (Å²) in [7, 11) is 3.46. The number of ether oxygens (including phenoxy) is 3. The number of thiazole rings is 1. The zero-order chi connectivity index (χ0) is 21.4. The number of rotatable bonds is 2. The number of nitrogens with zero attached hydrogens (tertiary/aromatic N) is 2. The molecule has 1 aromatic heterocycles. The molecule has 2 atom stereocenters. The third kappa shape index (κ3) is 2.65. The fraction of sp³-hybridized carbons (Fsp3) is 0.320. The van der Waals surface area contributed by atoms with Gasteiger partial charge in [0.05, 0.1) is 48.8 Å². The third-order valence-corrected chi connectivity index (χ3v) is 9.30. The maximum atomic E-state index is 6.72. The minimum absolute atomic E-state index is 0.180. The van der Waals surface area contributed by atoms with Gasteiger partial charge in [-0.25, -0.2) is 0 Å². The van der Waals surface area contributed by atoms with Gasteiger partial charge in [0.1, 0.15) is 16.2 Å². The average molecular weight is 464 g/mol. The molecule has 162 valence electrons. The normalized spacial score (nSPS) is 23.2. The van der Waals surface area contributed by atoms with Gasteiger partial charge in [0.25, 0.3) is 5.01 Å². The summed E-state index contributed by atoms with van der Waals surface area (Å²) in [5.41, 5.74) is 5.16. The Morgan fingerprint density at radius 1 is 1.03 bits per heavy atom. The van der Waals surface area contributed by atoms with Crippen LogP contribution in [0.4, 0.5) is 5.69 Å². The molecule has 0 N–H and O–H groups in total. The van der Waals surface area contributed by atoms with E-state index in [1.807, 2.05) is 35.2 Å². The molecule has 0 bridgehead atoms. The SMILES string of the molecule is COc1ccc2c(c1)N1CCC3OC4CC[n+]5c(sc6ccc(OC)cc65)C4=CC3=C1S2. The minimum atomic E-state index is 0.180. The first kappa shape index (κ1) is 19.0. The van der Waals surface area contributed by atoms with Crippen LogP contribution >= 0.6 is 23.1 Å². The van der Waals surface area contributed by atoms with Gasteiger partial charge in [0.2, 0.25) is 5.52 Å². The lowest BCUT2D eigenvalue weighted by Crippen LogP contribution is -2.47. The van der Waals surface area contributed by atoms with E-state index < -0.39 is 0 Å². The lowest BCUT2D eigenvalue weighted by molar-refractivity contribution is -0.674. The molecule has 0 saturated heterocycles. The molecule has 0 spiro atoms. The smallest absolute Gasteiger partial charge is 0.268 e. The van der Waals surface area contributed by atoms with Gasteiger partial charge in [-0.05, 0) is 36.8 Å². The lowest BCUT2D eigenvalue weighted by atomic mass is 9.92. The molecule has 5 heterocycles. The van der Waals surface area contributed by atoms with Crippen LogP contribution in [0.2, 0.25) is 0 Å². The van der Waals surface area contributed by atoms with Crippen LogP contribution in [-0.2, 0) is 11.3 Å². The summed E-state index contributed by atoms with van der Waals surface area (Å²) >= 11 is 3.72. The molecule has 0 amide bonds. The number of anilines is 1. The van der Waals surface area contributed by atoms with Crippen molar-refractivity contribution in [2.24, 2.45) is 0 Å². The Morgan fingerprint density at radius 2 is 1.88 bits per heavy atom. The molecule has 4 aliphatic rings. The number of benzene rings is 2. The number of hydrogen-bond acceptors (Lipinski definition) is 6.